The van der Waals surface area contributed by atoms with E-state index in [9.17, 15) is 0 Å². The first-order chi connectivity index (χ1) is 6.29. The first-order valence-electron chi connectivity index (χ1n) is 4.02. The summed E-state index contributed by atoms with van der Waals surface area (Å²) in [5.74, 6) is 0.455. The molecule has 0 unspecified atom stereocenters. The molecule has 0 saturated carbocycles. The van der Waals surface area contributed by atoms with E-state index < -0.39 is 0 Å². The topological polar surface area (TPSA) is 55.2 Å². The largest absolute Gasteiger partial charge is 0.475 e. The fourth-order valence-electron chi connectivity index (χ4n) is 0.940. The number of halogens is 1. The lowest BCUT2D eigenvalue weighted by atomic mass is 10.2. The summed E-state index contributed by atoms with van der Waals surface area (Å²) in [7, 11) is 0. The van der Waals surface area contributed by atoms with Crippen LogP contribution in [0.5, 0.6) is 5.88 Å². The van der Waals surface area contributed by atoms with Gasteiger partial charge < -0.3 is 9.84 Å². The Morgan fingerprint density at radius 1 is 1.54 bits per heavy atom. The summed E-state index contributed by atoms with van der Waals surface area (Å²) < 4.78 is 5.17. The van der Waals surface area contributed by atoms with E-state index in [0.29, 0.717) is 17.5 Å². The third kappa shape index (κ3) is 2.54. The van der Waals surface area contributed by atoms with Gasteiger partial charge >= 0.3 is 0 Å². The van der Waals surface area contributed by atoms with Gasteiger partial charge in [-0.25, -0.2) is 9.97 Å². The number of hydrogen-bond acceptors (Lipinski definition) is 4. The predicted molar refractivity (Wildman–Crippen MR) is 49.0 cm³/mol. The molecule has 1 aromatic rings. The van der Waals surface area contributed by atoms with Gasteiger partial charge in [-0.15, -0.1) is 0 Å². The van der Waals surface area contributed by atoms with Crippen molar-refractivity contribution in [1.29, 1.82) is 0 Å². The molecule has 0 fully saturated rings. The lowest BCUT2D eigenvalue weighted by Crippen LogP contribution is -2.06. The molecule has 0 aliphatic carbocycles. The lowest BCUT2D eigenvalue weighted by molar-refractivity contribution is 0.195. The highest BCUT2D eigenvalue weighted by Gasteiger charge is 2.08. The van der Waals surface area contributed by atoms with Crippen molar-refractivity contribution in [2.45, 2.75) is 13.3 Å². The van der Waals surface area contributed by atoms with E-state index in [-0.39, 0.29) is 13.2 Å². The minimum atomic E-state index is -0.0369. The van der Waals surface area contributed by atoms with Crippen LogP contribution in [0.4, 0.5) is 0 Å². The van der Waals surface area contributed by atoms with Crippen LogP contribution in [0.2, 0.25) is 5.15 Å². The van der Waals surface area contributed by atoms with Gasteiger partial charge in [0, 0.05) is 0 Å². The third-order valence-corrected chi connectivity index (χ3v) is 1.86. The Bertz CT molecular complexity index is 281. The van der Waals surface area contributed by atoms with Gasteiger partial charge in [-0.1, -0.05) is 18.5 Å². The number of nitrogens with zero attached hydrogens (tertiary/aromatic N) is 2. The fraction of sp³-hybridized carbons (Fsp3) is 0.500. The van der Waals surface area contributed by atoms with Crippen LogP contribution in [0.3, 0.4) is 0 Å². The van der Waals surface area contributed by atoms with E-state index in [4.69, 9.17) is 21.4 Å². The van der Waals surface area contributed by atoms with Crippen molar-refractivity contribution in [3.8, 4) is 5.88 Å². The maximum Gasteiger partial charge on any atom is 0.221 e. The van der Waals surface area contributed by atoms with Crippen molar-refractivity contribution in [2.24, 2.45) is 0 Å². The van der Waals surface area contributed by atoms with Gasteiger partial charge in [0.1, 0.15) is 18.1 Å². The molecule has 1 heterocycles. The second-order valence-electron chi connectivity index (χ2n) is 2.37. The first-order valence-corrected chi connectivity index (χ1v) is 4.40. The molecule has 1 N–H and O–H groups in total. The Morgan fingerprint density at radius 3 is 2.92 bits per heavy atom. The van der Waals surface area contributed by atoms with E-state index in [2.05, 4.69) is 9.97 Å². The molecule has 0 aliphatic heterocycles. The molecule has 1 rings (SSSR count). The fourth-order valence-corrected chi connectivity index (χ4v) is 1.20. The van der Waals surface area contributed by atoms with Gasteiger partial charge in [0.15, 0.2) is 0 Å². The standard InChI is InChI=1S/C8H11ClN2O2/c1-2-6-7(9)10-5-11-8(6)13-4-3-12/h5,12H,2-4H2,1H3. The summed E-state index contributed by atoms with van der Waals surface area (Å²) in [6.07, 6.45) is 2.05. The van der Waals surface area contributed by atoms with E-state index in [1.165, 1.54) is 6.33 Å². The van der Waals surface area contributed by atoms with Crippen molar-refractivity contribution < 1.29 is 9.84 Å². The number of aliphatic hydroxyl groups excluding tert-OH is 1. The lowest BCUT2D eigenvalue weighted by Gasteiger charge is -2.07. The quantitative estimate of drug-likeness (QED) is 0.742. The molecule has 1 aromatic heterocycles. The molecule has 0 radical (unpaired) electrons. The van der Waals surface area contributed by atoms with Gasteiger partial charge in [0.2, 0.25) is 5.88 Å². The van der Waals surface area contributed by atoms with Crippen LogP contribution >= 0.6 is 11.6 Å². The van der Waals surface area contributed by atoms with Crippen LogP contribution in [-0.4, -0.2) is 28.3 Å². The Labute approximate surface area is 81.5 Å². The van der Waals surface area contributed by atoms with Crippen LogP contribution < -0.4 is 4.74 Å². The zero-order chi connectivity index (χ0) is 9.68. The van der Waals surface area contributed by atoms with E-state index in [1.807, 2.05) is 6.92 Å². The first kappa shape index (κ1) is 10.2. The Balaban J connectivity index is 2.85. The molecular formula is C8H11ClN2O2. The van der Waals surface area contributed by atoms with Crippen LogP contribution in [0.1, 0.15) is 12.5 Å². The minimum absolute atomic E-state index is 0.0369. The predicted octanol–water partition coefficient (Wildman–Crippen LogP) is 1.06. The number of ether oxygens (including phenoxy) is 1. The Kier molecular flexibility index (Phi) is 3.92. The maximum atomic E-state index is 8.56. The molecule has 0 aromatic carbocycles. The van der Waals surface area contributed by atoms with Crippen LogP contribution in [-0.2, 0) is 6.42 Å². The molecular weight excluding hydrogens is 192 g/mol. The monoisotopic (exact) mass is 202 g/mol. The van der Waals surface area contributed by atoms with Gasteiger partial charge in [-0.2, -0.15) is 0 Å². The summed E-state index contributed by atoms with van der Waals surface area (Å²) in [6, 6.07) is 0. The van der Waals surface area contributed by atoms with Crippen LogP contribution in [0, 0.1) is 0 Å². The van der Waals surface area contributed by atoms with Crippen LogP contribution in [0.25, 0.3) is 0 Å². The normalized spacial score (nSPS) is 10.1. The molecule has 0 bridgehead atoms. The van der Waals surface area contributed by atoms with Crippen molar-refractivity contribution in [3.05, 3.63) is 17.0 Å². The van der Waals surface area contributed by atoms with Gasteiger partial charge in [-0.3, -0.25) is 0 Å². The number of rotatable bonds is 4. The van der Waals surface area contributed by atoms with Crippen molar-refractivity contribution >= 4 is 11.6 Å². The summed E-state index contributed by atoms with van der Waals surface area (Å²) >= 11 is 5.81. The number of aliphatic hydroxyl groups is 1. The summed E-state index contributed by atoms with van der Waals surface area (Å²) in [4.78, 5) is 7.75. The van der Waals surface area contributed by atoms with Crippen molar-refractivity contribution in [3.63, 3.8) is 0 Å². The van der Waals surface area contributed by atoms with Gasteiger partial charge in [0.25, 0.3) is 0 Å². The summed E-state index contributed by atoms with van der Waals surface area (Å²) in [6.45, 7) is 2.13. The third-order valence-electron chi connectivity index (χ3n) is 1.54. The number of aromatic nitrogens is 2. The highest BCUT2D eigenvalue weighted by atomic mass is 35.5. The SMILES string of the molecule is CCc1c(Cl)ncnc1OCCO. The average Bonchev–Trinajstić information content (AvgIpc) is 2.15. The zero-order valence-corrected chi connectivity index (χ0v) is 8.08. The molecule has 0 saturated heterocycles. The highest BCUT2D eigenvalue weighted by Crippen LogP contribution is 2.21. The summed E-state index contributed by atoms with van der Waals surface area (Å²) in [5.41, 5.74) is 0.776. The Morgan fingerprint density at radius 2 is 2.31 bits per heavy atom. The maximum absolute atomic E-state index is 8.56. The summed E-state index contributed by atoms with van der Waals surface area (Å²) in [5, 5.41) is 8.97. The average molecular weight is 203 g/mol. The highest BCUT2D eigenvalue weighted by molar-refractivity contribution is 6.30. The Hall–Kier alpha value is -0.870. The molecule has 4 nitrogen and oxygen atoms in total. The molecule has 0 atom stereocenters. The molecule has 72 valence electrons. The molecule has 5 heteroatoms. The van der Waals surface area contributed by atoms with E-state index in [1.54, 1.807) is 0 Å². The van der Waals surface area contributed by atoms with Gasteiger partial charge in [-0.05, 0) is 6.42 Å². The second-order valence-corrected chi connectivity index (χ2v) is 2.73. The van der Waals surface area contributed by atoms with E-state index in [0.717, 1.165) is 5.56 Å². The second kappa shape index (κ2) is 4.99. The minimum Gasteiger partial charge on any atom is -0.475 e. The zero-order valence-electron chi connectivity index (χ0n) is 7.33. The van der Waals surface area contributed by atoms with Gasteiger partial charge in [0.05, 0.1) is 12.2 Å². The van der Waals surface area contributed by atoms with Crippen molar-refractivity contribution in [1.82, 2.24) is 9.97 Å². The molecule has 0 spiro atoms. The van der Waals surface area contributed by atoms with E-state index >= 15 is 0 Å². The van der Waals surface area contributed by atoms with Crippen LogP contribution in [0.15, 0.2) is 6.33 Å². The molecule has 0 amide bonds. The smallest absolute Gasteiger partial charge is 0.221 e. The molecule has 13 heavy (non-hydrogen) atoms. The van der Waals surface area contributed by atoms with Crippen molar-refractivity contribution in [2.75, 3.05) is 13.2 Å². The molecule has 0 aliphatic rings. The number of hydrogen-bond donors (Lipinski definition) is 1.